The molecule has 4 nitrogen and oxygen atoms in total. The van der Waals surface area contributed by atoms with E-state index < -0.39 is 5.60 Å². The minimum atomic E-state index is -0.933. The van der Waals surface area contributed by atoms with Crippen LogP contribution in [0.15, 0.2) is 18.2 Å². The highest BCUT2D eigenvalue weighted by Gasteiger charge is 2.20. The summed E-state index contributed by atoms with van der Waals surface area (Å²) in [7, 11) is 0. The summed E-state index contributed by atoms with van der Waals surface area (Å²) in [4.78, 5) is 7.47. The van der Waals surface area contributed by atoms with Crippen LogP contribution in [0.4, 0.5) is 0 Å². The Hall–Kier alpha value is -1.10. The number of H-pyrrole nitrogens is 1. The van der Waals surface area contributed by atoms with E-state index in [-0.39, 0.29) is 6.54 Å². The van der Waals surface area contributed by atoms with Crippen molar-refractivity contribution in [1.82, 2.24) is 9.97 Å². The number of fused-ring (bicyclic) bond motifs is 1. The van der Waals surface area contributed by atoms with Gasteiger partial charge in [0, 0.05) is 18.0 Å². The van der Waals surface area contributed by atoms with E-state index in [0.717, 1.165) is 11.0 Å². The molecule has 1 heterocycles. The van der Waals surface area contributed by atoms with Crippen LogP contribution in [-0.4, -0.2) is 27.2 Å². The standard InChI is InChI=1S/C11H14ClN3O/c1-11(16,6-13)5-10-14-8-3-2-7(12)4-9(8)15-10/h2-4,16H,5-6,13H2,1H3,(H,14,15). The molecule has 0 saturated heterocycles. The zero-order valence-corrected chi connectivity index (χ0v) is 9.75. The summed E-state index contributed by atoms with van der Waals surface area (Å²) >= 11 is 5.87. The highest BCUT2D eigenvalue weighted by Crippen LogP contribution is 2.19. The maximum atomic E-state index is 9.85. The van der Waals surface area contributed by atoms with Gasteiger partial charge in [-0.2, -0.15) is 0 Å². The van der Waals surface area contributed by atoms with Gasteiger partial charge in [0.2, 0.25) is 0 Å². The molecule has 0 amide bonds. The Morgan fingerprint density at radius 3 is 3.00 bits per heavy atom. The van der Waals surface area contributed by atoms with E-state index in [2.05, 4.69) is 9.97 Å². The number of rotatable bonds is 3. The number of hydrogen-bond acceptors (Lipinski definition) is 3. The zero-order chi connectivity index (χ0) is 11.8. The number of nitrogens with one attached hydrogen (secondary N) is 1. The molecule has 0 fully saturated rings. The fraction of sp³-hybridized carbons (Fsp3) is 0.364. The molecule has 1 atom stereocenters. The number of hydrogen-bond donors (Lipinski definition) is 3. The number of nitrogens with zero attached hydrogens (tertiary/aromatic N) is 1. The maximum absolute atomic E-state index is 9.85. The summed E-state index contributed by atoms with van der Waals surface area (Å²) in [6.45, 7) is 1.89. The van der Waals surface area contributed by atoms with Gasteiger partial charge in [0.25, 0.3) is 0 Å². The van der Waals surface area contributed by atoms with Crippen LogP contribution in [0.1, 0.15) is 12.7 Å². The summed E-state index contributed by atoms with van der Waals surface area (Å²) in [6, 6.07) is 5.44. The van der Waals surface area contributed by atoms with Gasteiger partial charge in [-0.25, -0.2) is 4.98 Å². The molecule has 2 aromatic rings. The second kappa shape index (κ2) is 4.05. The first-order valence-electron chi connectivity index (χ1n) is 5.07. The van der Waals surface area contributed by atoms with Gasteiger partial charge in [0.05, 0.1) is 16.6 Å². The van der Waals surface area contributed by atoms with Gasteiger partial charge in [-0.1, -0.05) is 11.6 Å². The van der Waals surface area contributed by atoms with Crippen molar-refractivity contribution in [2.24, 2.45) is 5.73 Å². The van der Waals surface area contributed by atoms with Crippen LogP contribution in [0, 0.1) is 0 Å². The second-order valence-corrected chi connectivity index (χ2v) is 4.66. The van der Waals surface area contributed by atoms with Crippen LogP contribution in [0.3, 0.4) is 0 Å². The predicted octanol–water partition coefficient (Wildman–Crippen LogP) is 1.47. The first-order chi connectivity index (χ1) is 7.50. The lowest BCUT2D eigenvalue weighted by molar-refractivity contribution is 0.0678. The summed E-state index contributed by atoms with van der Waals surface area (Å²) in [5.74, 6) is 0.715. The maximum Gasteiger partial charge on any atom is 0.110 e. The normalized spacial score (nSPS) is 15.2. The molecule has 0 aliphatic rings. The van der Waals surface area contributed by atoms with Crippen molar-refractivity contribution in [3.63, 3.8) is 0 Å². The molecule has 86 valence electrons. The van der Waals surface area contributed by atoms with Crippen molar-refractivity contribution in [3.05, 3.63) is 29.0 Å². The third-order valence-electron chi connectivity index (χ3n) is 2.48. The van der Waals surface area contributed by atoms with Gasteiger partial charge < -0.3 is 15.8 Å². The molecular formula is C11H14ClN3O. The molecule has 5 heteroatoms. The van der Waals surface area contributed by atoms with Crippen molar-refractivity contribution in [1.29, 1.82) is 0 Å². The molecule has 4 N–H and O–H groups in total. The SMILES string of the molecule is CC(O)(CN)Cc1nc2ccc(Cl)cc2[nH]1. The van der Waals surface area contributed by atoms with Crippen LogP contribution in [0.25, 0.3) is 11.0 Å². The lowest BCUT2D eigenvalue weighted by Gasteiger charge is -2.18. The van der Waals surface area contributed by atoms with E-state index in [4.69, 9.17) is 17.3 Å². The summed E-state index contributed by atoms with van der Waals surface area (Å²) in [5.41, 5.74) is 6.24. The van der Waals surface area contributed by atoms with Crippen LogP contribution >= 0.6 is 11.6 Å². The molecule has 1 unspecified atom stereocenters. The average Bonchev–Trinajstić information content (AvgIpc) is 2.58. The van der Waals surface area contributed by atoms with Crippen LogP contribution in [0.5, 0.6) is 0 Å². The van der Waals surface area contributed by atoms with Gasteiger partial charge in [-0.15, -0.1) is 0 Å². The highest BCUT2D eigenvalue weighted by molar-refractivity contribution is 6.31. The minimum absolute atomic E-state index is 0.199. The summed E-state index contributed by atoms with van der Waals surface area (Å²) in [6.07, 6.45) is 0.399. The number of aliphatic hydroxyl groups is 1. The Morgan fingerprint density at radius 1 is 1.56 bits per heavy atom. The molecule has 0 radical (unpaired) electrons. The topological polar surface area (TPSA) is 74.9 Å². The Labute approximate surface area is 98.4 Å². The number of benzene rings is 1. The van der Waals surface area contributed by atoms with Crippen molar-refractivity contribution >= 4 is 22.6 Å². The van der Waals surface area contributed by atoms with E-state index >= 15 is 0 Å². The number of nitrogens with two attached hydrogens (primary N) is 1. The van der Waals surface area contributed by atoms with Gasteiger partial charge in [-0.05, 0) is 25.1 Å². The molecule has 1 aromatic carbocycles. The lowest BCUT2D eigenvalue weighted by Crippen LogP contribution is -2.36. The van der Waals surface area contributed by atoms with E-state index in [0.29, 0.717) is 17.3 Å². The van der Waals surface area contributed by atoms with Crippen LogP contribution in [0.2, 0.25) is 5.02 Å². The van der Waals surface area contributed by atoms with Gasteiger partial charge >= 0.3 is 0 Å². The molecule has 0 aliphatic carbocycles. The third-order valence-corrected chi connectivity index (χ3v) is 2.72. The predicted molar refractivity (Wildman–Crippen MR) is 64.5 cm³/mol. The third kappa shape index (κ3) is 2.35. The molecule has 16 heavy (non-hydrogen) atoms. The number of imidazole rings is 1. The monoisotopic (exact) mass is 239 g/mol. The zero-order valence-electron chi connectivity index (χ0n) is 9.00. The van der Waals surface area contributed by atoms with Crippen molar-refractivity contribution in [2.75, 3.05) is 6.54 Å². The first-order valence-corrected chi connectivity index (χ1v) is 5.44. The largest absolute Gasteiger partial charge is 0.388 e. The number of halogens is 1. The molecule has 2 rings (SSSR count). The molecule has 0 bridgehead atoms. The quantitative estimate of drug-likeness (QED) is 0.759. The minimum Gasteiger partial charge on any atom is -0.388 e. The fourth-order valence-corrected chi connectivity index (χ4v) is 1.72. The summed E-state index contributed by atoms with van der Waals surface area (Å²) < 4.78 is 0. The van der Waals surface area contributed by atoms with E-state index in [1.165, 1.54) is 0 Å². The van der Waals surface area contributed by atoms with Crippen molar-refractivity contribution in [2.45, 2.75) is 18.9 Å². The van der Waals surface area contributed by atoms with Gasteiger partial charge in [0.1, 0.15) is 5.82 Å². The Balaban J connectivity index is 2.33. The number of aromatic nitrogens is 2. The smallest absolute Gasteiger partial charge is 0.110 e. The van der Waals surface area contributed by atoms with Crippen molar-refractivity contribution in [3.8, 4) is 0 Å². The van der Waals surface area contributed by atoms with Gasteiger partial charge in [0.15, 0.2) is 0 Å². The first kappa shape index (κ1) is 11.4. The van der Waals surface area contributed by atoms with Crippen LogP contribution < -0.4 is 5.73 Å². The molecule has 1 aromatic heterocycles. The number of aromatic amines is 1. The average molecular weight is 240 g/mol. The Bertz CT molecular complexity index is 507. The fourth-order valence-electron chi connectivity index (χ4n) is 1.55. The Morgan fingerprint density at radius 2 is 2.31 bits per heavy atom. The lowest BCUT2D eigenvalue weighted by atomic mass is 10.0. The Kier molecular flexibility index (Phi) is 2.88. The van der Waals surface area contributed by atoms with E-state index in [1.54, 1.807) is 13.0 Å². The van der Waals surface area contributed by atoms with Crippen molar-refractivity contribution < 1.29 is 5.11 Å². The van der Waals surface area contributed by atoms with Crippen LogP contribution in [-0.2, 0) is 6.42 Å². The van der Waals surface area contributed by atoms with E-state index in [1.807, 2.05) is 12.1 Å². The molecule has 0 spiro atoms. The summed E-state index contributed by atoms with van der Waals surface area (Å²) in [5, 5.41) is 10.5. The van der Waals surface area contributed by atoms with Gasteiger partial charge in [-0.3, -0.25) is 0 Å². The molecule has 0 aliphatic heterocycles. The second-order valence-electron chi connectivity index (χ2n) is 4.22. The highest BCUT2D eigenvalue weighted by atomic mass is 35.5. The molecule has 0 saturated carbocycles. The van der Waals surface area contributed by atoms with E-state index in [9.17, 15) is 5.11 Å². The molecular weight excluding hydrogens is 226 g/mol.